The van der Waals surface area contributed by atoms with Gasteiger partial charge in [0, 0.05) is 12.3 Å². The first-order chi connectivity index (χ1) is 27.9. The van der Waals surface area contributed by atoms with Crippen LogP contribution in [-0.2, 0) is 6.54 Å². The lowest BCUT2D eigenvalue weighted by Crippen LogP contribution is -3.00. The van der Waals surface area contributed by atoms with Gasteiger partial charge in [-0.2, -0.15) is 0 Å². The van der Waals surface area contributed by atoms with Crippen LogP contribution in [0.1, 0.15) is 235 Å². The standard InChI is InChI=1S/C50H86N3O4.BrH/c1-4-6-8-10-12-14-16-18-20-22-24-26-28-30-32-36-42-53(3,43-37-33-31-29-27-25-23-21-19-17-15-13-11-9-7-5-2)45-46-44-47(39-40-49(46)52(55)56)57-50(54)48-38-34-35-41-51-48;/h34-35,38-41,44H,4-33,36-37,42-43,45H2,1-3H3;1H/q+1;/p-1. The monoisotopic (exact) mass is 872 g/mol. The quantitative estimate of drug-likeness (QED) is 0.0167. The molecule has 0 aliphatic rings. The molecule has 0 N–H and O–H groups in total. The molecule has 0 aliphatic heterocycles. The van der Waals surface area contributed by atoms with Gasteiger partial charge in [-0.3, -0.25) is 10.1 Å². The number of unbranched alkanes of at least 4 members (excludes halogenated alkanes) is 30. The normalized spacial score (nSPS) is 11.4. The van der Waals surface area contributed by atoms with E-state index >= 15 is 0 Å². The van der Waals surface area contributed by atoms with E-state index in [1.807, 2.05) is 0 Å². The number of benzene rings is 1. The molecule has 0 amide bonds. The van der Waals surface area contributed by atoms with Crippen molar-refractivity contribution in [3.63, 3.8) is 0 Å². The molecule has 1 heterocycles. The molecular formula is C50H86BrN3O4. The summed E-state index contributed by atoms with van der Waals surface area (Å²) in [5, 5.41) is 12.2. The third-order valence-electron chi connectivity index (χ3n) is 12.0. The minimum atomic E-state index is -0.561. The number of hydrogen-bond acceptors (Lipinski definition) is 5. The Morgan fingerprint density at radius 2 is 0.966 bits per heavy atom. The second-order valence-electron chi connectivity index (χ2n) is 17.5. The zero-order valence-corrected chi connectivity index (χ0v) is 39.2. The van der Waals surface area contributed by atoms with Crippen molar-refractivity contribution in [3.05, 3.63) is 64.0 Å². The number of halogens is 1. The van der Waals surface area contributed by atoms with Crippen molar-refractivity contribution in [2.24, 2.45) is 0 Å². The number of quaternary nitrogens is 1. The average molecular weight is 873 g/mol. The molecule has 2 rings (SSSR count). The van der Waals surface area contributed by atoms with Crippen LogP contribution >= 0.6 is 0 Å². The lowest BCUT2D eigenvalue weighted by Gasteiger charge is -2.35. The number of carbonyl (C=O) groups excluding carboxylic acids is 1. The summed E-state index contributed by atoms with van der Waals surface area (Å²) >= 11 is 0. The summed E-state index contributed by atoms with van der Waals surface area (Å²) < 4.78 is 6.41. The number of ether oxygens (including phenoxy) is 1. The van der Waals surface area contributed by atoms with Crippen molar-refractivity contribution < 1.29 is 35.9 Å². The summed E-state index contributed by atoms with van der Waals surface area (Å²) in [4.78, 5) is 28.7. The second-order valence-corrected chi connectivity index (χ2v) is 17.5. The van der Waals surface area contributed by atoms with E-state index in [0.29, 0.717) is 17.9 Å². The van der Waals surface area contributed by atoms with Crippen LogP contribution in [0.4, 0.5) is 5.69 Å². The molecule has 0 aliphatic carbocycles. The lowest BCUT2D eigenvalue weighted by molar-refractivity contribution is -0.923. The predicted molar refractivity (Wildman–Crippen MR) is 241 cm³/mol. The summed E-state index contributed by atoms with van der Waals surface area (Å²) in [6.45, 7) is 7.10. The van der Waals surface area contributed by atoms with Crippen LogP contribution in [0.2, 0.25) is 0 Å². The van der Waals surface area contributed by atoms with Crippen LogP contribution in [0, 0.1) is 10.1 Å². The number of esters is 1. The Balaban J connectivity index is 0.0000168. The highest BCUT2D eigenvalue weighted by Gasteiger charge is 2.27. The molecule has 8 heteroatoms. The Kier molecular flexibility index (Phi) is 33.8. The van der Waals surface area contributed by atoms with Gasteiger partial charge in [-0.15, -0.1) is 0 Å². The number of rotatable bonds is 39. The third kappa shape index (κ3) is 27.4. The van der Waals surface area contributed by atoms with E-state index in [4.69, 9.17) is 4.74 Å². The van der Waals surface area contributed by atoms with E-state index in [1.165, 1.54) is 205 Å². The summed E-state index contributed by atoms with van der Waals surface area (Å²) in [6.07, 6.45) is 44.6. The Morgan fingerprint density at radius 1 is 0.586 bits per heavy atom. The number of nitrogens with zero attached hydrogens (tertiary/aromatic N) is 3. The first-order valence-corrected chi connectivity index (χ1v) is 24.1. The van der Waals surface area contributed by atoms with E-state index < -0.39 is 5.97 Å². The average Bonchev–Trinajstić information content (AvgIpc) is 3.21. The molecule has 2 aromatic rings. The largest absolute Gasteiger partial charge is 1.00 e. The van der Waals surface area contributed by atoms with E-state index in [0.717, 1.165) is 30.4 Å². The summed E-state index contributed by atoms with van der Waals surface area (Å²) in [5.74, 6) is -0.239. The van der Waals surface area contributed by atoms with Crippen LogP contribution in [0.3, 0.4) is 0 Å². The van der Waals surface area contributed by atoms with Crippen molar-refractivity contribution in [3.8, 4) is 5.75 Å². The molecule has 0 unspecified atom stereocenters. The molecule has 332 valence electrons. The predicted octanol–water partition coefficient (Wildman–Crippen LogP) is 12.7. The van der Waals surface area contributed by atoms with E-state index in [9.17, 15) is 14.9 Å². The van der Waals surface area contributed by atoms with Gasteiger partial charge in [-0.05, 0) is 49.9 Å². The van der Waals surface area contributed by atoms with Gasteiger partial charge >= 0.3 is 5.97 Å². The molecule has 0 saturated heterocycles. The SMILES string of the molecule is CCCCCCCCCCCCCCCCCC[N+](C)(CCCCCCCCCCCCCCCCCC)Cc1cc(OC(=O)c2ccccn2)ccc1[N+](=O)[O-].[Br-]. The number of aromatic nitrogens is 1. The molecule has 0 fully saturated rings. The molecule has 7 nitrogen and oxygen atoms in total. The van der Waals surface area contributed by atoms with Crippen LogP contribution in [0.5, 0.6) is 5.75 Å². The highest BCUT2D eigenvalue weighted by Crippen LogP contribution is 2.29. The Morgan fingerprint density at radius 3 is 1.31 bits per heavy atom. The maximum Gasteiger partial charge on any atom is 0.362 e. The first-order valence-electron chi connectivity index (χ1n) is 24.1. The Labute approximate surface area is 366 Å². The van der Waals surface area contributed by atoms with E-state index in [1.54, 1.807) is 30.5 Å². The van der Waals surface area contributed by atoms with Gasteiger partial charge in [0.05, 0.1) is 30.6 Å². The lowest BCUT2D eigenvalue weighted by atomic mass is 10.0. The first kappa shape index (κ1) is 53.7. The van der Waals surface area contributed by atoms with Gasteiger partial charge in [-0.25, -0.2) is 9.78 Å². The number of pyridine rings is 1. The summed E-state index contributed by atoms with van der Waals surface area (Å²) in [6, 6.07) is 9.82. The summed E-state index contributed by atoms with van der Waals surface area (Å²) in [5.41, 5.74) is 0.933. The van der Waals surface area contributed by atoms with E-state index in [-0.39, 0.29) is 33.3 Å². The number of nitro groups is 1. The molecule has 0 atom stereocenters. The van der Waals surface area contributed by atoms with Crippen molar-refractivity contribution in [1.82, 2.24) is 4.98 Å². The maximum atomic E-state index is 12.8. The number of nitro benzene ring substituents is 1. The van der Waals surface area contributed by atoms with Gasteiger partial charge < -0.3 is 26.2 Å². The number of carbonyl (C=O) groups is 1. The fourth-order valence-electron chi connectivity index (χ4n) is 8.34. The van der Waals surface area contributed by atoms with Gasteiger partial charge in [0.2, 0.25) is 0 Å². The van der Waals surface area contributed by atoms with Gasteiger partial charge in [0.15, 0.2) is 0 Å². The van der Waals surface area contributed by atoms with Crippen molar-refractivity contribution in [2.75, 3.05) is 20.1 Å². The molecular weight excluding hydrogens is 786 g/mol. The maximum absolute atomic E-state index is 12.8. The van der Waals surface area contributed by atoms with Crippen molar-refractivity contribution >= 4 is 11.7 Å². The number of hydrogen-bond donors (Lipinski definition) is 0. The smallest absolute Gasteiger partial charge is 0.362 e. The minimum absolute atomic E-state index is 0. The third-order valence-corrected chi connectivity index (χ3v) is 12.0. The van der Waals surface area contributed by atoms with Gasteiger partial charge in [0.25, 0.3) is 5.69 Å². The molecule has 1 aromatic carbocycles. The molecule has 0 radical (unpaired) electrons. The van der Waals surface area contributed by atoms with Crippen LogP contribution in [0.15, 0.2) is 42.6 Å². The molecule has 0 saturated carbocycles. The zero-order valence-electron chi connectivity index (χ0n) is 37.6. The zero-order chi connectivity index (χ0) is 41.1. The molecule has 0 spiro atoms. The van der Waals surface area contributed by atoms with Crippen molar-refractivity contribution in [2.45, 2.75) is 226 Å². The van der Waals surface area contributed by atoms with Crippen LogP contribution < -0.4 is 21.7 Å². The van der Waals surface area contributed by atoms with Gasteiger partial charge in [0.1, 0.15) is 18.0 Å². The molecule has 1 aromatic heterocycles. The fourth-order valence-corrected chi connectivity index (χ4v) is 8.34. The Bertz CT molecular complexity index is 1240. The Hall–Kier alpha value is -2.32. The second kappa shape index (κ2) is 36.5. The fraction of sp³-hybridized carbons (Fsp3) is 0.760. The molecule has 58 heavy (non-hydrogen) atoms. The highest BCUT2D eigenvalue weighted by atomic mass is 79.9. The summed E-state index contributed by atoms with van der Waals surface area (Å²) in [7, 11) is 2.27. The van der Waals surface area contributed by atoms with Gasteiger partial charge in [-0.1, -0.05) is 200 Å². The highest BCUT2D eigenvalue weighted by molar-refractivity contribution is 5.88. The van der Waals surface area contributed by atoms with Crippen LogP contribution in [-0.4, -0.2) is 40.5 Å². The minimum Gasteiger partial charge on any atom is -1.00 e. The van der Waals surface area contributed by atoms with Crippen LogP contribution in [0.25, 0.3) is 0 Å². The molecule has 0 bridgehead atoms. The topological polar surface area (TPSA) is 82.3 Å². The van der Waals surface area contributed by atoms with Crippen molar-refractivity contribution in [1.29, 1.82) is 0 Å². The van der Waals surface area contributed by atoms with E-state index in [2.05, 4.69) is 25.9 Å².